The Morgan fingerprint density at radius 3 is 2.20 bits per heavy atom. The predicted octanol–water partition coefficient (Wildman–Crippen LogP) is 5.75. The van der Waals surface area contributed by atoms with Gasteiger partial charge in [0.25, 0.3) is 0 Å². The Balaban J connectivity index is 1.79. The van der Waals surface area contributed by atoms with Crippen LogP contribution in [-0.4, -0.2) is 17.5 Å². The standard InChI is InChI=1S/C23H22N2/c1-3-9-18(10-4-1)21-16-22(24-13-7-2-8-14-24)23-15-19-11-5-6-12-20(19)17-25(21)23/h1,3-6,9-12,15-17H,2,7-8,13-14H2. The third-order valence-electron chi connectivity index (χ3n) is 5.38. The molecule has 0 atom stereocenters. The number of hydrogen-bond donors (Lipinski definition) is 0. The van der Waals surface area contributed by atoms with Crippen LogP contribution in [0.25, 0.3) is 27.5 Å². The summed E-state index contributed by atoms with van der Waals surface area (Å²) in [6.07, 6.45) is 6.24. The Hall–Kier alpha value is -2.74. The summed E-state index contributed by atoms with van der Waals surface area (Å²) in [5.74, 6) is 0. The molecule has 5 rings (SSSR count). The van der Waals surface area contributed by atoms with Crippen LogP contribution < -0.4 is 4.90 Å². The molecule has 1 saturated heterocycles. The van der Waals surface area contributed by atoms with Crippen molar-refractivity contribution in [1.82, 2.24) is 4.40 Å². The minimum atomic E-state index is 1.17. The molecule has 0 N–H and O–H groups in total. The molecule has 0 amide bonds. The number of anilines is 1. The number of nitrogens with zero attached hydrogens (tertiary/aromatic N) is 2. The number of benzene rings is 2. The Bertz CT molecular complexity index is 1020. The summed E-state index contributed by atoms with van der Waals surface area (Å²) in [4.78, 5) is 2.57. The number of piperidine rings is 1. The van der Waals surface area contributed by atoms with Gasteiger partial charge in [0, 0.05) is 19.3 Å². The van der Waals surface area contributed by atoms with Gasteiger partial charge in [-0.25, -0.2) is 0 Å². The van der Waals surface area contributed by atoms with Crippen LogP contribution in [0.5, 0.6) is 0 Å². The molecule has 2 aromatic carbocycles. The van der Waals surface area contributed by atoms with Gasteiger partial charge in [-0.1, -0.05) is 54.6 Å². The fraction of sp³-hybridized carbons (Fsp3) is 0.217. The first kappa shape index (κ1) is 14.6. The first-order valence-electron chi connectivity index (χ1n) is 9.24. The van der Waals surface area contributed by atoms with Gasteiger partial charge in [0.15, 0.2) is 0 Å². The van der Waals surface area contributed by atoms with Crippen LogP contribution in [0.15, 0.2) is 72.9 Å². The highest BCUT2D eigenvalue weighted by Crippen LogP contribution is 2.35. The molecule has 0 aliphatic carbocycles. The van der Waals surface area contributed by atoms with Gasteiger partial charge in [-0.3, -0.25) is 0 Å². The van der Waals surface area contributed by atoms with Gasteiger partial charge >= 0.3 is 0 Å². The molecule has 3 heterocycles. The van der Waals surface area contributed by atoms with Gasteiger partial charge in [-0.05, 0) is 47.7 Å². The largest absolute Gasteiger partial charge is 0.370 e. The van der Waals surface area contributed by atoms with Crippen molar-refractivity contribution in [3.8, 4) is 11.3 Å². The molecule has 0 saturated carbocycles. The minimum Gasteiger partial charge on any atom is -0.370 e. The quantitative estimate of drug-likeness (QED) is 0.455. The van der Waals surface area contributed by atoms with E-state index in [2.05, 4.69) is 82.2 Å². The van der Waals surface area contributed by atoms with E-state index in [0.29, 0.717) is 0 Å². The smallest absolute Gasteiger partial charge is 0.0697 e. The SMILES string of the molecule is c1ccc(-c2cc(N3CCCCC3)c3cc4ccccc4cn23)cc1. The summed E-state index contributed by atoms with van der Waals surface area (Å²) < 4.78 is 2.38. The van der Waals surface area contributed by atoms with Crippen molar-refractivity contribution >= 4 is 22.0 Å². The molecule has 4 aromatic rings. The predicted molar refractivity (Wildman–Crippen MR) is 106 cm³/mol. The summed E-state index contributed by atoms with van der Waals surface area (Å²) in [5, 5.41) is 2.60. The van der Waals surface area contributed by atoms with Gasteiger partial charge < -0.3 is 9.30 Å². The molecule has 0 bridgehead atoms. The molecule has 0 radical (unpaired) electrons. The Morgan fingerprint density at radius 1 is 0.680 bits per heavy atom. The van der Waals surface area contributed by atoms with Crippen molar-refractivity contribution in [3.05, 3.63) is 72.9 Å². The highest BCUT2D eigenvalue weighted by Gasteiger charge is 2.18. The van der Waals surface area contributed by atoms with Crippen LogP contribution in [0, 0.1) is 0 Å². The van der Waals surface area contributed by atoms with Gasteiger partial charge in [-0.2, -0.15) is 0 Å². The van der Waals surface area contributed by atoms with Crippen molar-refractivity contribution < 1.29 is 0 Å². The lowest BCUT2D eigenvalue weighted by Gasteiger charge is -2.28. The zero-order chi connectivity index (χ0) is 16.6. The van der Waals surface area contributed by atoms with E-state index in [1.54, 1.807) is 0 Å². The first-order chi connectivity index (χ1) is 12.4. The fourth-order valence-electron chi connectivity index (χ4n) is 4.07. The van der Waals surface area contributed by atoms with E-state index in [-0.39, 0.29) is 0 Å². The van der Waals surface area contributed by atoms with Crippen LogP contribution in [0.4, 0.5) is 5.69 Å². The second-order valence-electron chi connectivity index (χ2n) is 6.99. The molecule has 25 heavy (non-hydrogen) atoms. The summed E-state index contributed by atoms with van der Waals surface area (Å²) in [5.41, 5.74) is 5.25. The van der Waals surface area contributed by atoms with Crippen molar-refractivity contribution in [2.45, 2.75) is 19.3 Å². The summed E-state index contributed by atoms with van der Waals surface area (Å²) in [6.45, 7) is 2.33. The molecule has 2 heteroatoms. The lowest BCUT2D eigenvalue weighted by atomic mass is 10.1. The molecular weight excluding hydrogens is 304 g/mol. The van der Waals surface area contributed by atoms with E-state index in [0.717, 1.165) is 0 Å². The van der Waals surface area contributed by atoms with Crippen molar-refractivity contribution in [1.29, 1.82) is 0 Å². The Kier molecular flexibility index (Phi) is 3.48. The van der Waals surface area contributed by atoms with Crippen molar-refractivity contribution in [2.75, 3.05) is 18.0 Å². The topological polar surface area (TPSA) is 7.65 Å². The minimum absolute atomic E-state index is 1.17. The number of pyridine rings is 1. The Labute approximate surface area is 148 Å². The van der Waals surface area contributed by atoms with Crippen LogP contribution in [-0.2, 0) is 0 Å². The normalized spacial score (nSPS) is 15.1. The van der Waals surface area contributed by atoms with E-state index < -0.39 is 0 Å². The molecule has 1 fully saturated rings. The van der Waals surface area contributed by atoms with Gasteiger partial charge in [0.2, 0.25) is 0 Å². The molecule has 0 unspecified atom stereocenters. The average Bonchev–Trinajstić information content (AvgIpc) is 3.06. The maximum absolute atomic E-state index is 2.57. The number of rotatable bonds is 2. The fourth-order valence-corrected chi connectivity index (χ4v) is 4.07. The van der Waals surface area contributed by atoms with E-state index in [9.17, 15) is 0 Å². The van der Waals surface area contributed by atoms with E-state index in [4.69, 9.17) is 0 Å². The monoisotopic (exact) mass is 326 g/mol. The second kappa shape index (κ2) is 5.96. The average molecular weight is 326 g/mol. The summed E-state index contributed by atoms with van der Waals surface area (Å²) in [7, 11) is 0. The van der Waals surface area contributed by atoms with E-state index >= 15 is 0 Å². The van der Waals surface area contributed by atoms with E-state index in [1.807, 2.05) is 0 Å². The maximum atomic E-state index is 2.57. The summed E-state index contributed by atoms with van der Waals surface area (Å²) >= 11 is 0. The molecule has 1 aliphatic rings. The van der Waals surface area contributed by atoms with Crippen LogP contribution in [0.2, 0.25) is 0 Å². The Morgan fingerprint density at radius 2 is 1.40 bits per heavy atom. The van der Waals surface area contributed by atoms with Gasteiger partial charge in [0.1, 0.15) is 0 Å². The van der Waals surface area contributed by atoms with Crippen molar-refractivity contribution in [3.63, 3.8) is 0 Å². The first-order valence-corrected chi connectivity index (χ1v) is 9.24. The number of fused-ring (bicyclic) bond motifs is 2. The maximum Gasteiger partial charge on any atom is 0.0697 e. The van der Waals surface area contributed by atoms with Crippen molar-refractivity contribution in [2.24, 2.45) is 0 Å². The molecule has 0 spiro atoms. The van der Waals surface area contributed by atoms with Crippen LogP contribution in [0.1, 0.15) is 19.3 Å². The van der Waals surface area contributed by atoms with Crippen LogP contribution in [0.3, 0.4) is 0 Å². The molecular formula is C23H22N2. The highest BCUT2D eigenvalue weighted by molar-refractivity contribution is 5.92. The number of hydrogen-bond acceptors (Lipinski definition) is 1. The van der Waals surface area contributed by atoms with Gasteiger partial charge in [0.05, 0.1) is 16.9 Å². The zero-order valence-electron chi connectivity index (χ0n) is 14.4. The lowest BCUT2D eigenvalue weighted by Crippen LogP contribution is -2.29. The molecule has 1 aliphatic heterocycles. The van der Waals surface area contributed by atoms with E-state index in [1.165, 1.54) is 65.6 Å². The third kappa shape index (κ3) is 2.49. The zero-order valence-corrected chi connectivity index (χ0v) is 14.4. The number of aromatic nitrogens is 1. The molecule has 124 valence electrons. The highest BCUT2D eigenvalue weighted by atomic mass is 15.2. The summed E-state index contributed by atoms with van der Waals surface area (Å²) in [6, 6.07) is 24.1. The third-order valence-corrected chi connectivity index (χ3v) is 5.38. The van der Waals surface area contributed by atoms with Gasteiger partial charge in [-0.15, -0.1) is 0 Å². The second-order valence-corrected chi connectivity index (χ2v) is 6.99. The van der Waals surface area contributed by atoms with Crippen LogP contribution >= 0.6 is 0 Å². The molecule has 2 aromatic heterocycles. The lowest BCUT2D eigenvalue weighted by molar-refractivity contribution is 0.579. The molecule has 2 nitrogen and oxygen atoms in total.